The van der Waals surface area contributed by atoms with Gasteiger partial charge in [0, 0.05) is 17.8 Å². The van der Waals surface area contributed by atoms with Crippen LogP contribution in [0.5, 0.6) is 17.2 Å². The molecule has 0 fully saturated rings. The fraction of sp³-hybridized carbons (Fsp3) is 0.333. The van der Waals surface area contributed by atoms with Crippen molar-refractivity contribution in [2.75, 3.05) is 25.3 Å². The highest BCUT2D eigenvalue weighted by atomic mass is 16.7. The number of rotatable bonds is 11. The van der Waals surface area contributed by atoms with Crippen LogP contribution in [0.15, 0.2) is 54.6 Å². The second-order valence-electron chi connectivity index (χ2n) is 7.60. The molecule has 2 aromatic rings. The van der Waals surface area contributed by atoms with Crippen molar-refractivity contribution in [3.8, 4) is 17.2 Å². The van der Waals surface area contributed by atoms with E-state index in [1.54, 1.807) is 42.5 Å². The first kappa shape index (κ1) is 24.9. The summed E-state index contributed by atoms with van der Waals surface area (Å²) in [5, 5.41) is 20.3. The summed E-state index contributed by atoms with van der Waals surface area (Å²) >= 11 is 0. The van der Waals surface area contributed by atoms with Gasteiger partial charge >= 0.3 is 6.09 Å². The molecule has 0 spiro atoms. The topological polar surface area (TPSA) is 136 Å². The van der Waals surface area contributed by atoms with Crippen molar-refractivity contribution in [2.45, 2.75) is 25.9 Å². The minimum Gasteiger partial charge on any atom is -0.491 e. The zero-order chi connectivity index (χ0) is 24.3. The van der Waals surface area contributed by atoms with Crippen LogP contribution in [0.25, 0.3) is 0 Å². The number of carbonyl (C=O) groups excluding carboxylic acids is 2. The lowest BCUT2D eigenvalue weighted by Gasteiger charge is -2.25. The summed E-state index contributed by atoms with van der Waals surface area (Å²) in [6.07, 6.45) is 2.72. The molecule has 0 saturated carbocycles. The number of ether oxygens (including phenoxy) is 4. The Balaban J connectivity index is 1.71. The molecule has 2 amide bonds. The van der Waals surface area contributed by atoms with Gasteiger partial charge in [0.15, 0.2) is 11.5 Å². The van der Waals surface area contributed by atoms with E-state index in [-0.39, 0.29) is 25.9 Å². The van der Waals surface area contributed by atoms with Crippen molar-refractivity contribution in [3.63, 3.8) is 0 Å². The van der Waals surface area contributed by atoms with Crippen LogP contribution in [0.3, 0.4) is 0 Å². The summed E-state index contributed by atoms with van der Waals surface area (Å²) in [4.78, 5) is 23.9. The number of carbonyl (C=O) groups is 2. The average molecular weight is 472 g/mol. The molecule has 0 aromatic heterocycles. The van der Waals surface area contributed by atoms with Crippen molar-refractivity contribution < 1.29 is 38.9 Å². The molecular formula is C24H28N2O8. The maximum atomic E-state index is 12.8. The van der Waals surface area contributed by atoms with Gasteiger partial charge in [0.25, 0.3) is 5.91 Å². The molecule has 34 heavy (non-hydrogen) atoms. The minimum absolute atomic E-state index is 0.119. The standard InChI is InChI=1S/C24H28N2O8/c1-16(5-2-3-8-22(28)26-30)23(17-6-4-7-19(13-17)31-12-11-27)34-24(29)25-18-9-10-20-21(14-18)33-15-32-20/h3-4,6-10,13-14,16,23,27,30H,2,5,11-12,15H2,1H3,(H,25,29)(H,26,28)/b8-3+/t16-,23+/m1/s1. The molecule has 10 nitrogen and oxygen atoms in total. The van der Waals surface area contributed by atoms with Gasteiger partial charge in [0.1, 0.15) is 18.5 Å². The number of fused-ring (bicyclic) bond motifs is 1. The van der Waals surface area contributed by atoms with Crippen LogP contribution in [-0.2, 0) is 9.53 Å². The molecule has 0 radical (unpaired) electrons. The summed E-state index contributed by atoms with van der Waals surface area (Å²) in [6.45, 7) is 2.09. The van der Waals surface area contributed by atoms with Crippen LogP contribution < -0.4 is 25.0 Å². The van der Waals surface area contributed by atoms with Crippen LogP contribution in [-0.4, -0.2) is 42.3 Å². The SMILES string of the molecule is C[C@H](CC/C=C/C(=O)NO)[C@H](OC(=O)Nc1ccc2c(c1)OCO2)c1cccc(OCCO)c1. The third-order valence-corrected chi connectivity index (χ3v) is 5.08. The second kappa shape index (κ2) is 12.5. The molecule has 1 aliphatic heterocycles. The van der Waals surface area contributed by atoms with Gasteiger partial charge in [-0.2, -0.15) is 0 Å². The first-order valence-corrected chi connectivity index (χ1v) is 10.8. The van der Waals surface area contributed by atoms with Crippen molar-refractivity contribution in [3.05, 3.63) is 60.2 Å². The largest absolute Gasteiger partial charge is 0.491 e. The molecule has 1 aliphatic rings. The molecular weight excluding hydrogens is 444 g/mol. The fourth-order valence-corrected chi connectivity index (χ4v) is 3.43. The molecule has 10 heteroatoms. The fourth-order valence-electron chi connectivity index (χ4n) is 3.43. The van der Waals surface area contributed by atoms with Gasteiger partial charge in [0.2, 0.25) is 6.79 Å². The lowest BCUT2D eigenvalue weighted by Crippen LogP contribution is -2.22. The van der Waals surface area contributed by atoms with Gasteiger partial charge in [-0.1, -0.05) is 25.1 Å². The minimum atomic E-state index is -0.646. The highest BCUT2D eigenvalue weighted by molar-refractivity contribution is 5.86. The Labute approximate surface area is 197 Å². The second-order valence-corrected chi connectivity index (χ2v) is 7.60. The summed E-state index contributed by atoms with van der Waals surface area (Å²) in [6, 6.07) is 12.2. The Morgan fingerprint density at radius 2 is 2.00 bits per heavy atom. The number of aliphatic hydroxyl groups excluding tert-OH is 1. The Morgan fingerprint density at radius 3 is 2.79 bits per heavy atom. The van der Waals surface area contributed by atoms with E-state index in [0.29, 0.717) is 35.8 Å². The van der Waals surface area contributed by atoms with E-state index >= 15 is 0 Å². The summed E-state index contributed by atoms with van der Waals surface area (Å²) < 4.78 is 21.9. The van der Waals surface area contributed by atoms with Gasteiger partial charge in [0.05, 0.1) is 6.61 Å². The summed E-state index contributed by atoms with van der Waals surface area (Å²) in [5.74, 6) is 0.945. The maximum Gasteiger partial charge on any atom is 0.412 e. The lowest BCUT2D eigenvalue weighted by atomic mass is 9.93. The Hall–Kier alpha value is -3.76. The average Bonchev–Trinajstić information content (AvgIpc) is 3.31. The summed E-state index contributed by atoms with van der Waals surface area (Å²) in [5.41, 5.74) is 2.76. The van der Waals surface area contributed by atoms with E-state index in [1.807, 2.05) is 13.0 Å². The van der Waals surface area contributed by atoms with Crippen LogP contribution >= 0.6 is 0 Å². The van der Waals surface area contributed by atoms with E-state index < -0.39 is 18.1 Å². The van der Waals surface area contributed by atoms with E-state index in [2.05, 4.69) is 5.32 Å². The number of benzene rings is 2. The molecule has 2 atom stereocenters. The number of anilines is 1. The first-order chi connectivity index (χ1) is 16.5. The number of nitrogens with one attached hydrogen (secondary N) is 2. The van der Waals surface area contributed by atoms with E-state index in [4.69, 9.17) is 29.3 Å². The Kier molecular flexibility index (Phi) is 9.12. The number of hydrogen-bond donors (Lipinski definition) is 4. The predicted octanol–water partition coefficient (Wildman–Crippen LogP) is 3.55. The molecule has 0 aliphatic carbocycles. The van der Waals surface area contributed by atoms with Gasteiger partial charge < -0.3 is 24.1 Å². The number of aliphatic hydroxyl groups is 1. The van der Waals surface area contributed by atoms with Crippen molar-refractivity contribution in [2.24, 2.45) is 5.92 Å². The molecule has 2 aromatic carbocycles. The van der Waals surface area contributed by atoms with Gasteiger partial charge in [-0.25, -0.2) is 10.3 Å². The van der Waals surface area contributed by atoms with Gasteiger partial charge in [-0.15, -0.1) is 0 Å². The Morgan fingerprint density at radius 1 is 1.18 bits per heavy atom. The molecule has 0 unspecified atom stereocenters. The van der Waals surface area contributed by atoms with E-state index in [9.17, 15) is 9.59 Å². The highest BCUT2D eigenvalue weighted by Gasteiger charge is 2.24. The molecule has 0 saturated heterocycles. The molecule has 3 rings (SSSR count). The number of allylic oxidation sites excluding steroid dienone is 1. The predicted molar refractivity (Wildman–Crippen MR) is 122 cm³/mol. The van der Waals surface area contributed by atoms with Gasteiger partial charge in [-0.05, 0) is 48.6 Å². The monoisotopic (exact) mass is 472 g/mol. The van der Waals surface area contributed by atoms with E-state index in [0.717, 1.165) is 5.56 Å². The molecule has 1 heterocycles. The third-order valence-electron chi connectivity index (χ3n) is 5.08. The smallest absolute Gasteiger partial charge is 0.412 e. The van der Waals surface area contributed by atoms with Gasteiger partial charge in [-0.3, -0.25) is 15.3 Å². The quantitative estimate of drug-likeness (QED) is 0.221. The normalized spacial score (nSPS) is 13.9. The van der Waals surface area contributed by atoms with Crippen molar-refractivity contribution >= 4 is 17.7 Å². The summed E-state index contributed by atoms with van der Waals surface area (Å²) in [7, 11) is 0. The molecule has 4 N–H and O–H groups in total. The number of hydrogen-bond acceptors (Lipinski definition) is 8. The van der Waals surface area contributed by atoms with Crippen molar-refractivity contribution in [1.29, 1.82) is 0 Å². The maximum absolute atomic E-state index is 12.8. The van der Waals surface area contributed by atoms with Crippen LogP contribution in [0.4, 0.5) is 10.5 Å². The zero-order valence-corrected chi connectivity index (χ0v) is 18.7. The number of amides is 2. The van der Waals surface area contributed by atoms with Crippen LogP contribution in [0, 0.1) is 5.92 Å². The highest BCUT2D eigenvalue weighted by Crippen LogP contribution is 2.35. The lowest BCUT2D eigenvalue weighted by molar-refractivity contribution is -0.124. The van der Waals surface area contributed by atoms with Crippen LogP contribution in [0.1, 0.15) is 31.4 Å². The van der Waals surface area contributed by atoms with E-state index in [1.165, 1.54) is 11.6 Å². The molecule has 0 bridgehead atoms. The zero-order valence-electron chi connectivity index (χ0n) is 18.7. The Bertz CT molecular complexity index is 1010. The first-order valence-electron chi connectivity index (χ1n) is 10.8. The third kappa shape index (κ3) is 7.12. The number of hydroxylamine groups is 1. The molecule has 182 valence electrons. The van der Waals surface area contributed by atoms with Crippen molar-refractivity contribution in [1.82, 2.24) is 5.48 Å². The van der Waals surface area contributed by atoms with Crippen LogP contribution in [0.2, 0.25) is 0 Å².